The smallest absolute Gasteiger partial charge is 0.0408 e. The Labute approximate surface area is 120 Å². The van der Waals surface area contributed by atoms with Gasteiger partial charge in [-0.1, -0.05) is 53.1 Å². The lowest BCUT2D eigenvalue weighted by atomic mass is 9.97. The Morgan fingerprint density at radius 3 is 2.21 bits per heavy atom. The highest BCUT2D eigenvalue weighted by molar-refractivity contribution is 6.30. The molecule has 1 unspecified atom stereocenters. The van der Waals surface area contributed by atoms with Gasteiger partial charge in [0.15, 0.2) is 0 Å². The number of nitrogens with two attached hydrogens (primary N) is 1. The van der Waals surface area contributed by atoms with Gasteiger partial charge >= 0.3 is 0 Å². The summed E-state index contributed by atoms with van der Waals surface area (Å²) in [5, 5.41) is 0.774. The van der Waals surface area contributed by atoms with Crippen LogP contribution in [0.2, 0.25) is 5.02 Å². The molecule has 100 valence electrons. The van der Waals surface area contributed by atoms with Crippen molar-refractivity contribution in [3.8, 4) is 0 Å². The van der Waals surface area contributed by atoms with Gasteiger partial charge in [0.1, 0.15) is 0 Å². The number of rotatable bonds is 4. The first-order valence-electron chi connectivity index (χ1n) is 6.60. The monoisotopic (exact) mass is 273 g/mol. The summed E-state index contributed by atoms with van der Waals surface area (Å²) in [5.41, 5.74) is 11.3. The molecule has 2 N–H and O–H groups in total. The molecule has 0 spiro atoms. The van der Waals surface area contributed by atoms with E-state index in [4.69, 9.17) is 17.3 Å². The normalized spacial score (nSPS) is 12.4. The van der Waals surface area contributed by atoms with Crippen LogP contribution >= 0.6 is 11.6 Å². The SMILES string of the molecule is Cc1cc(C)cc(CC(N)Cc2cccc(Cl)c2)c1. The Kier molecular flexibility index (Phi) is 4.62. The van der Waals surface area contributed by atoms with Crippen molar-refractivity contribution in [2.45, 2.75) is 32.7 Å². The van der Waals surface area contributed by atoms with Crippen molar-refractivity contribution >= 4 is 11.6 Å². The molecule has 0 saturated heterocycles. The quantitative estimate of drug-likeness (QED) is 0.893. The van der Waals surface area contributed by atoms with Gasteiger partial charge in [0, 0.05) is 11.1 Å². The van der Waals surface area contributed by atoms with E-state index < -0.39 is 0 Å². The molecule has 2 rings (SSSR count). The number of hydrogen-bond donors (Lipinski definition) is 1. The minimum Gasteiger partial charge on any atom is -0.327 e. The third-order valence-corrected chi connectivity index (χ3v) is 3.40. The van der Waals surface area contributed by atoms with E-state index in [0.29, 0.717) is 0 Å². The van der Waals surface area contributed by atoms with Crippen LogP contribution in [0.25, 0.3) is 0 Å². The summed E-state index contributed by atoms with van der Waals surface area (Å²) in [6, 6.07) is 14.7. The highest BCUT2D eigenvalue weighted by atomic mass is 35.5. The van der Waals surface area contributed by atoms with Crippen LogP contribution in [0.4, 0.5) is 0 Å². The summed E-state index contributed by atoms with van der Waals surface area (Å²) < 4.78 is 0. The highest BCUT2D eigenvalue weighted by Crippen LogP contribution is 2.15. The topological polar surface area (TPSA) is 26.0 Å². The van der Waals surface area contributed by atoms with Crippen LogP contribution in [0.1, 0.15) is 22.3 Å². The van der Waals surface area contributed by atoms with E-state index in [1.54, 1.807) is 0 Å². The van der Waals surface area contributed by atoms with Crippen LogP contribution in [-0.2, 0) is 12.8 Å². The molecule has 19 heavy (non-hydrogen) atoms. The number of halogens is 1. The van der Waals surface area contributed by atoms with Crippen molar-refractivity contribution < 1.29 is 0 Å². The molecule has 0 heterocycles. The van der Waals surface area contributed by atoms with E-state index in [2.05, 4.69) is 38.1 Å². The van der Waals surface area contributed by atoms with Crippen LogP contribution in [-0.4, -0.2) is 6.04 Å². The van der Waals surface area contributed by atoms with Crippen molar-refractivity contribution in [3.05, 3.63) is 69.7 Å². The van der Waals surface area contributed by atoms with Gasteiger partial charge in [0.25, 0.3) is 0 Å². The van der Waals surface area contributed by atoms with Crippen LogP contribution in [0, 0.1) is 13.8 Å². The molecule has 1 nitrogen and oxygen atoms in total. The summed E-state index contributed by atoms with van der Waals surface area (Å²) in [5.74, 6) is 0. The first-order valence-corrected chi connectivity index (χ1v) is 6.98. The molecule has 0 amide bonds. The predicted octanol–water partition coefficient (Wildman–Crippen LogP) is 4.07. The highest BCUT2D eigenvalue weighted by Gasteiger charge is 2.07. The Hall–Kier alpha value is -1.31. The van der Waals surface area contributed by atoms with Gasteiger partial charge in [-0.25, -0.2) is 0 Å². The van der Waals surface area contributed by atoms with Crippen molar-refractivity contribution in [1.29, 1.82) is 0 Å². The molecule has 0 aliphatic heterocycles. The minimum atomic E-state index is 0.125. The average molecular weight is 274 g/mol. The average Bonchev–Trinajstić information content (AvgIpc) is 2.26. The number of hydrogen-bond acceptors (Lipinski definition) is 1. The van der Waals surface area contributed by atoms with Gasteiger partial charge in [-0.05, 0) is 49.9 Å². The maximum atomic E-state index is 6.24. The van der Waals surface area contributed by atoms with Crippen LogP contribution in [0.5, 0.6) is 0 Å². The standard InChI is InChI=1S/C17H20ClN/c1-12-6-13(2)8-15(7-12)11-17(19)10-14-4-3-5-16(18)9-14/h3-9,17H,10-11,19H2,1-2H3. The summed E-state index contributed by atoms with van der Waals surface area (Å²) in [7, 11) is 0. The second-order valence-corrected chi connectivity index (χ2v) is 5.73. The Morgan fingerprint density at radius 2 is 1.58 bits per heavy atom. The largest absolute Gasteiger partial charge is 0.327 e. The molecule has 0 bridgehead atoms. The van der Waals surface area contributed by atoms with E-state index in [0.717, 1.165) is 17.9 Å². The van der Waals surface area contributed by atoms with Gasteiger partial charge < -0.3 is 5.73 Å². The number of aryl methyl sites for hydroxylation is 2. The zero-order chi connectivity index (χ0) is 13.8. The van der Waals surface area contributed by atoms with E-state index in [9.17, 15) is 0 Å². The molecule has 0 aliphatic rings. The lowest BCUT2D eigenvalue weighted by molar-refractivity contribution is 0.664. The zero-order valence-electron chi connectivity index (χ0n) is 11.5. The molecule has 0 fully saturated rings. The molecular weight excluding hydrogens is 254 g/mol. The Morgan fingerprint density at radius 1 is 0.947 bits per heavy atom. The second kappa shape index (κ2) is 6.23. The summed E-state index contributed by atoms with van der Waals surface area (Å²) in [6.45, 7) is 4.25. The van der Waals surface area contributed by atoms with E-state index in [1.807, 2.05) is 18.2 Å². The fourth-order valence-electron chi connectivity index (χ4n) is 2.53. The fourth-order valence-corrected chi connectivity index (χ4v) is 2.74. The molecule has 2 heteroatoms. The second-order valence-electron chi connectivity index (χ2n) is 5.29. The lowest BCUT2D eigenvalue weighted by Gasteiger charge is -2.13. The van der Waals surface area contributed by atoms with Crippen LogP contribution in [0.15, 0.2) is 42.5 Å². The Bertz CT molecular complexity index is 543. The van der Waals surface area contributed by atoms with E-state index >= 15 is 0 Å². The maximum Gasteiger partial charge on any atom is 0.0408 e. The van der Waals surface area contributed by atoms with Gasteiger partial charge in [-0.2, -0.15) is 0 Å². The van der Waals surface area contributed by atoms with Crippen molar-refractivity contribution in [2.24, 2.45) is 5.73 Å². The van der Waals surface area contributed by atoms with Crippen molar-refractivity contribution in [1.82, 2.24) is 0 Å². The first kappa shape index (κ1) is 14.1. The molecule has 1 atom stereocenters. The van der Waals surface area contributed by atoms with Crippen LogP contribution in [0.3, 0.4) is 0 Å². The van der Waals surface area contributed by atoms with E-state index in [-0.39, 0.29) is 6.04 Å². The molecular formula is C17H20ClN. The zero-order valence-corrected chi connectivity index (χ0v) is 12.2. The molecule has 0 aromatic heterocycles. The van der Waals surface area contributed by atoms with E-state index in [1.165, 1.54) is 22.3 Å². The van der Waals surface area contributed by atoms with Gasteiger partial charge in [0.2, 0.25) is 0 Å². The van der Waals surface area contributed by atoms with Gasteiger partial charge in [-0.3, -0.25) is 0 Å². The van der Waals surface area contributed by atoms with Gasteiger partial charge in [-0.15, -0.1) is 0 Å². The summed E-state index contributed by atoms with van der Waals surface area (Å²) >= 11 is 5.99. The van der Waals surface area contributed by atoms with Crippen LogP contribution < -0.4 is 5.73 Å². The number of benzene rings is 2. The molecule has 2 aromatic rings. The summed E-state index contributed by atoms with van der Waals surface area (Å²) in [6.07, 6.45) is 1.75. The Balaban J connectivity index is 2.03. The lowest BCUT2D eigenvalue weighted by Crippen LogP contribution is -2.25. The third-order valence-electron chi connectivity index (χ3n) is 3.17. The molecule has 0 radical (unpaired) electrons. The fraction of sp³-hybridized carbons (Fsp3) is 0.294. The molecule has 0 aliphatic carbocycles. The first-order chi connectivity index (χ1) is 9.02. The predicted molar refractivity (Wildman–Crippen MR) is 82.8 cm³/mol. The maximum absolute atomic E-state index is 6.24. The molecule has 2 aromatic carbocycles. The van der Waals surface area contributed by atoms with Crippen molar-refractivity contribution in [3.63, 3.8) is 0 Å². The molecule has 0 saturated carbocycles. The summed E-state index contributed by atoms with van der Waals surface area (Å²) in [4.78, 5) is 0. The van der Waals surface area contributed by atoms with Crippen molar-refractivity contribution in [2.75, 3.05) is 0 Å². The van der Waals surface area contributed by atoms with Gasteiger partial charge in [0.05, 0.1) is 0 Å². The third kappa shape index (κ3) is 4.38. The minimum absolute atomic E-state index is 0.125.